The maximum absolute atomic E-state index is 12.8. The molecule has 0 aliphatic heterocycles. The topological polar surface area (TPSA) is 72.5 Å². The molecule has 0 atom stereocenters. The average molecular weight is 572 g/mol. The van der Waals surface area contributed by atoms with Gasteiger partial charge in [0, 0.05) is 22.8 Å². The Balaban J connectivity index is 0.00000387. The van der Waals surface area contributed by atoms with Gasteiger partial charge in [0.25, 0.3) is 0 Å². The van der Waals surface area contributed by atoms with E-state index in [9.17, 15) is 4.79 Å². The smallest absolute Gasteiger partial charge is 0.248 e. The van der Waals surface area contributed by atoms with Crippen LogP contribution in [0.15, 0.2) is 72.8 Å². The van der Waals surface area contributed by atoms with Crippen LogP contribution in [0.1, 0.15) is 49.9 Å². The Labute approximate surface area is 248 Å². The van der Waals surface area contributed by atoms with Crippen molar-refractivity contribution < 1.29 is 14.3 Å². The molecular weight excluding hydrogens is 534 g/mol. The molecule has 5 rings (SSSR count). The first-order valence-corrected chi connectivity index (χ1v) is 14.1. The zero-order chi connectivity index (χ0) is 27.9. The summed E-state index contributed by atoms with van der Waals surface area (Å²) in [5.41, 5.74) is 6.88. The molecule has 0 spiro atoms. The molecule has 0 unspecified atom stereocenters. The molecule has 41 heavy (non-hydrogen) atoms. The first-order valence-electron chi connectivity index (χ1n) is 14.1. The van der Waals surface area contributed by atoms with Crippen LogP contribution in [-0.4, -0.2) is 24.6 Å². The lowest BCUT2D eigenvalue weighted by atomic mass is 9.92. The second-order valence-corrected chi connectivity index (χ2v) is 10.6. The molecule has 0 fully saturated rings. The third kappa shape index (κ3) is 7.59. The van der Waals surface area contributed by atoms with Gasteiger partial charge >= 0.3 is 0 Å². The van der Waals surface area contributed by atoms with E-state index in [0.29, 0.717) is 12.5 Å². The van der Waals surface area contributed by atoms with Crippen molar-refractivity contribution in [3.63, 3.8) is 0 Å². The van der Waals surface area contributed by atoms with Crippen LogP contribution >= 0.6 is 12.4 Å². The number of rotatable bonds is 10. The van der Waals surface area contributed by atoms with E-state index in [2.05, 4.69) is 24.5 Å². The summed E-state index contributed by atoms with van der Waals surface area (Å²) < 4.78 is 11.4. The maximum Gasteiger partial charge on any atom is 0.248 e. The molecule has 2 N–H and O–H groups in total. The Morgan fingerprint density at radius 1 is 1.02 bits per heavy atom. The van der Waals surface area contributed by atoms with Gasteiger partial charge in [0.15, 0.2) is 0 Å². The number of nitrogens with zero attached hydrogens (tertiary/aromatic N) is 1. The first kappa shape index (κ1) is 29.9. The number of halogens is 1. The number of hydrogen-bond donors (Lipinski definition) is 2. The Hall–Kier alpha value is -4.03. The highest BCUT2D eigenvalue weighted by Gasteiger charge is 2.19. The Kier molecular flexibility index (Phi) is 10.3. The molecule has 3 aromatic carbocycles. The highest BCUT2D eigenvalue weighted by atomic mass is 35.5. The highest BCUT2D eigenvalue weighted by Crippen LogP contribution is 2.38. The van der Waals surface area contributed by atoms with E-state index < -0.39 is 0 Å². The Morgan fingerprint density at radius 3 is 2.59 bits per heavy atom. The molecule has 1 aliphatic carbocycles. The number of pyridine rings is 1. The van der Waals surface area contributed by atoms with Crippen LogP contribution in [0.5, 0.6) is 11.5 Å². The molecule has 0 saturated heterocycles. The fraction of sp³-hybridized carbons (Fsp3) is 0.294. The van der Waals surface area contributed by atoms with E-state index in [0.717, 1.165) is 82.8 Å². The quantitative estimate of drug-likeness (QED) is 0.187. The zero-order valence-corrected chi connectivity index (χ0v) is 24.7. The number of aromatic nitrogens is 1. The lowest BCUT2D eigenvalue weighted by Gasteiger charge is -2.22. The van der Waals surface area contributed by atoms with E-state index in [-0.39, 0.29) is 18.3 Å². The predicted octanol–water partition coefficient (Wildman–Crippen LogP) is 8.36. The summed E-state index contributed by atoms with van der Waals surface area (Å²) in [6.07, 6.45) is 8.60. The van der Waals surface area contributed by atoms with Crippen molar-refractivity contribution in [2.45, 2.75) is 46.0 Å². The number of aryl methyl sites for hydroxylation is 1. The Bertz CT molecular complexity index is 1520. The Morgan fingerprint density at radius 2 is 1.80 bits per heavy atom. The number of nitrogens with one attached hydrogen (secondary N) is 2. The van der Waals surface area contributed by atoms with Crippen molar-refractivity contribution in [2.24, 2.45) is 5.92 Å². The normalized spacial score (nSPS) is 12.6. The summed E-state index contributed by atoms with van der Waals surface area (Å²) in [5.74, 6) is 2.04. The minimum Gasteiger partial charge on any atom is -0.495 e. The van der Waals surface area contributed by atoms with Gasteiger partial charge in [-0.1, -0.05) is 38.1 Å². The molecule has 4 aromatic rings. The predicted molar refractivity (Wildman–Crippen MR) is 171 cm³/mol. The van der Waals surface area contributed by atoms with Crippen molar-refractivity contribution in [2.75, 3.05) is 24.4 Å². The maximum atomic E-state index is 12.8. The van der Waals surface area contributed by atoms with Crippen LogP contribution < -0.4 is 20.1 Å². The number of amides is 1. The van der Waals surface area contributed by atoms with E-state index in [4.69, 9.17) is 14.5 Å². The number of ether oxygens (including phenoxy) is 2. The van der Waals surface area contributed by atoms with E-state index >= 15 is 0 Å². The molecule has 1 aromatic heterocycles. The second kappa shape index (κ2) is 14.0. The van der Waals surface area contributed by atoms with Gasteiger partial charge in [0.05, 0.1) is 30.6 Å². The number of carbonyl (C=O) groups is 1. The van der Waals surface area contributed by atoms with Crippen LogP contribution in [0, 0.1) is 5.92 Å². The summed E-state index contributed by atoms with van der Waals surface area (Å²) in [5, 5.41) is 7.63. The van der Waals surface area contributed by atoms with Crippen molar-refractivity contribution in [3.8, 4) is 11.5 Å². The number of carbonyl (C=O) groups excluding carboxylic acids is 1. The molecule has 214 valence electrons. The van der Waals surface area contributed by atoms with Crippen LogP contribution in [0.4, 0.5) is 17.1 Å². The number of hydrogen-bond acceptors (Lipinski definition) is 5. The van der Waals surface area contributed by atoms with Crippen LogP contribution in [0.2, 0.25) is 0 Å². The molecule has 1 heterocycles. The number of fused-ring (bicyclic) bond motifs is 2. The third-order valence-corrected chi connectivity index (χ3v) is 7.17. The molecule has 1 amide bonds. The largest absolute Gasteiger partial charge is 0.495 e. The van der Waals surface area contributed by atoms with Gasteiger partial charge in [0.1, 0.15) is 11.5 Å². The van der Waals surface area contributed by atoms with Gasteiger partial charge in [0.2, 0.25) is 5.91 Å². The van der Waals surface area contributed by atoms with Gasteiger partial charge in [-0.05, 0) is 97.7 Å². The SMILES string of the molecule is COc1ccccc1Nc1c2c(nc3ccc(NC(=O)/C=C/c4ccc(OCCC(C)C)cc4)cc13)CCCC2.Cl. The van der Waals surface area contributed by atoms with Gasteiger partial charge in [-0.2, -0.15) is 0 Å². The van der Waals surface area contributed by atoms with Gasteiger partial charge in [-0.15, -0.1) is 12.4 Å². The first-order chi connectivity index (χ1) is 19.5. The van der Waals surface area contributed by atoms with Crippen LogP contribution in [0.25, 0.3) is 17.0 Å². The number of para-hydroxylation sites is 2. The lowest BCUT2D eigenvalue weighted by Crippen LogP contribution is -2.11. The lowest BCUT2D eigenvalue weighted by molar-refractivity contribution is -0.111. The fourth-order valence-corrected chi connectivity index (χ4v) is 4.97. The number of benzene rings is 3. The minimum atomic E-state index is -0.193. The highest BCUT2D eigenvalue weighted by molar-refractivity contribution is 6.04. The molecule has 0 bridgehead atoms. The van der Waals surface area contributed by atoms with Gasteiger partial charge < -0.3 is 20.1 Å². The number of methoxy groups -OCH3 is 1. The molecular formula is C34H38ClN3O3. The summed E-state index contributed by atoms with van der Waals surface area (Å²) in [7, 11) is 1.68. The van der Waals surface area contributed by atoms with Gasteiger partial charge in [-0.3, -0.25) is 9.78 Å². The fourth-order valence-electron chi connectivity index (χ4n) is 4.97. The average Bonchev–Trinajstić information content (AvgIpc) is 2.97. The van der Waals surface area contributed by atoms with Crippen molar-refractivity contribution in [1.29, 1.82) is 0 Å². The molecule has 6 nitrogen and oxygen atoms in total. The molecule has 0 radical (unpaired) electrons. The zero-order valence-electron chi connectivity index (χ0n) is 23.9. The van der Waals surface area contributed by atoms with Crippen LogP contribution in [0.3, 0.4) is 0 Å². The van der Waals surface area contributed by atoms with Gasteiger partial charge in [-0.25, -0.2) is 0 Å². The van der Waals surface area contributed by atoms with Crippen molar-refractivity contribution in [1.82, 2.24) is 4.98 Å². The van der Waals surface area contributed by atoms with Crippen molar-refractivity contribution in [3.05, 3.63) is 89.6 Å². The summed E-state index contributed by atoms with van der Waals surface area (Å²) in [6.45, 7) is 5.07. The summed E-state index contributed by atoms with van der Waals surface area (Å²) in [6, 6.07) is 21.6. The standard InChI is InChI=1S/C34H37N3O3.ClH/c1-23(2)20-21-40-26-16-12-24(13-17-26)14-19-33(38)35-25-15-18-30-28(22-25)34(27-8-4-5-9-29(27)36-30)37-31-10-6-7-11-32(31)39-3;/h6-7,10-19,22-23H,4-5,8-9,20-21H2,1-3H3,(H,35,38)(H,36,37);1H/b19-14+;. The van der Waals surface area contributed by atoms with E-state index in [1.165, 1.54) is 5.56 Å². The third-order valence-electron chi connectivity index (χ3n) is 7.17. The summed E-state index contributed by atoms with van der Waals surface area (Å²) >= 11 is 0. The monoisotopic (exact) mass is 571 g/mol. The minimum absolute atomic E-state index is 0. The summed E-state index contributed by atoms with van der Waals surface area (Å²) in [4.78, 5) is 17.8. The molecule has 1 aliphatic rings. The van der Waals surface area contributed by atoms with Crippen LogP contribution in [-0.2, 0) is 17.6 Å². The van der Waals surface area contributed by atoms with E-state index in [1.54, 1.807) is 19.3 Å². The molecule has 7 heteroatoms. The van der Waals surface area contributed by atoms with E-state index in [1.807, 2.05) is 66.7 Å². The van der Waals surface area contributed by atoms with Crippen molar-refractivity contribution >= 4 is 52.4 Å². The number of anilines is 3. The molecule has 0 saturated carbocycles. The second-order valence-electron chi connectivity index (χ2n) is 10.6.